The maximum atomic E-state index is 12.2. The van der Waals surface area contributed by atoms with Crippen molar-refractivity contribution in [2.24, 2.45) is 0 Å². The zero-order chi connectivity index (χ0) is 17.7. The summed E-state index contributed by atoms with van der Waals surface area (Å²) in [7, 11) is -2.01. The average molecular weight is 348 g/mol. The highest BCUT2D eigenvalue weighted by molar-refractivity contribution is 7.92. The minimum atomic E-state index is -3.45. The number of anilines is 2. The maximum absolute atomic E-state index is 12.2. The lowest BCUT2D eigenvalue weighted by Gasteiger charge is -2.13. The van der Waals surface area contributed by atoms with Crippen molar-refractivity contribution in [1.82, 2.24) is 0 Å². The third kappa shape index (κ3) is 4.99. The van der Waals surface area contributed by atoms with Crippen LogP contribution in [0.1, 0.15) is 11.1 Å². The number of aryl methyl sites for hydroxylation is 1. The molecule has 0 bridgehead atoms. The smallest absolute Gasteiger partial charge is 0.229 e. The van der Waals surface area contributed by atoms with E-state index in [1.807, 2.05) is 31.2 Å². The van der Waals surface area contributed by atoms with Gasteiger partial charge in [-0.2, -0.15) is 0 Å². The van der Waals surface area contributed by atoms with Gasteiger partial charge in [-0.05, 0) is 36.2 Å². The molecule has 0 spiro atoms. The van der Waals surface area contributed by atoms with E-state index < -0.39 is 10.0 Å². The highest BCUT2D eigenvalue weighted by Gasteiger charge is 2.11. The van der Waals surface area contributed by atoms with Crippen molar-refractivity contribution >= 4 is 27.3 Å². The van der Waals surface area contributed by atoms with Gasteiger partial charge in [-0.15, -0.1) is 0 Å². The summed E-state index contributed by atoms with van der Waals surface area (Å²) >= 11 is 0. The van der Waals surface area contributed by atoms with Crippen molar-refractivity contribution in [2.75, 3.05) is 23.4 Å². The molecule has 2 rings (SSSR count). The monoisotopic (exact) mass is 348 g/mol. The van der Waals surface area contributed by atoms with Gasteiger partial charge in [-0.25, -0.2) is 8.42 Å². The summed E-state index contributed by atoms with van der Waals surface area (Å²) in [6, 6.07) is 12.4. The molecule has 0 radical (unpaired) electrons. The SMILES string of the molecule is COc1ccc(NC(=O)Cc2ccccc2C)cc1NS(C)(=O)=O. The van der Waals surface area contributed by atoms with Crippen LogP contribution in [-0.2, 0) is 21.2 Å². The van der Waals surface area contributed by atoms with Crippen molar-refractivity contribution in [3.05, 3.63) is 53.6 Å². The molecule has 7 heteroatoms. The molecule has 0 unspecified atom stereocenters. The van der Waals surface area contributed by atoms with Gasteiger partial charge < -0.3 is 10.1 Å². The summed E-state index contributed by atoms with van der Waals surface area (Å²) in [5, 5.41) is 2.77. The van der Waals surface area contributed by atoms with Gasteiger partial charge in [-0.1, -0.05) is 24.3 Å². The van der Waals surface area contributed by atoms with Gasteiger partial charge in [0.2, 0.25) is 15.9 Å². The van der Waals surface area contributed by atoms with E-state index in [1.54, 1.807) is 12.1 Å². The second-order valence-electron chi connectivity index (χ2n) is 5.44. The summed E-state index contributed by atoms with van der Waals surface area (Å²) < 4.78 is 30.3. The largest absolute Gasteiger partial charge is 0.495 e. The first kappa shape index (κ1) is 17.8. The van der Waals surface area contributed by atoms with Gasteiger partial charge in [0.05, 0.1) is 25.5 Å². The lowest BCUT2D eigenvalue weighted by Crippen LogP contribution is -2.16. The standard InChI is InChI=1S/C17H20N2O4S/c1-12-6-4-5-7-13(12)10-17(20)18-14-8-9-16(23-2)15(11-14)19-24(3,21)22/h4-9,11,19H,10H2,1-3H3,(H,18,20). The van der Waals surface area contributed by atoms with Crippen LogP contribution in [-0.4, -0.2) is 27.7 Å². The van der Waals surface area contributed by atoms with Crippen molar-refractivity contribution in [2.45, 2.75) is 13.3 Å². The van der Waals surface area contributed by atoms with Gasteiger partial charge in [-0.3, -0.25) is 9.52 Å². The number of sulfonamides is 1. The van der Waals surface area contributed by atoms with Crippen LogP contribution in [0.2, 0.25) is 0 Å². The number of hydrogen-bond acceptors (Lipinski definition) is 4. The Morgan fingerprint density at radius 1 is 1.17 bits per heavy atom. The molecule has 0 atom stereocenters. The van der Waals surface area contributed by atoms with Crippen molar-refractivity contribution < 1.29 is 17.9 Å². The Balaban J connectivity index is 2.16. The van der Waals surface area contributed by atoms with Gasteiger partial charge in [0.1, 0.15) is 5.75 Å². The van der Waals surface area contributed by atoms with E-state index in [0.717, 1.165) is 17.4 Å². The topological polar surface area (TPSA) is 84.5 Å². The van der Waals surface area contributed by atoms with Crippen LogP contribution in [0.5, 0.6) is 5.75 Å². The molecule has 0 aliphatic heterocycles. The third-order valence-electron chi connectivity index (χ3n) is 3.39. The van der Waals surface area contributed by atoms with Crippen LogP contribution in [0.3, 0.4) is 0 Å². The second kappa shape index (κ2) is 7.35. The molecule has 128 valence electrons. The normalized spacial score (nSPS) is 11.0. The Bertz CT molecular complexity index is 847. The van der Waals surface area contributed by atoms with Gasteiger partial charge in [0.25, 0.3) is 0 Å². The number of rotatable bonds is 6. The molecular formula is C17H20N2O4S. The van der Waals surface area contributed by atoms with Gasteiger partial charge in [0.15, 0.2) is 0 Å². The summed E-state index contributed by atoms with van der Waals surface area (Å²) in [5.74, 6) is 0.192. The highest BCUT2D eigenvalue weighted by Crippen LogP contribution is 2.28. The Morgan fingerprint density at radius 3 is 2.50 bits per heavy atom. The van der Waals surface area contributed by atoms with E-state index in [0.29, 0.717) is 11.4 Å². The van der Waals surface area contributed by atoms with E-state index in [-0.39, 0.29) is 18.0 Å². The number of carbonyl (C=O) groups excluding carboxylic acids is 1. The fraction of sp³-hybridized carbons (Fsp3) is 0.235. The summed E-state index contributed by atoms with van der Waals surface area (Å²) in [6.07, 6.45) is 1.30. The number of nitrogens with one attached hydrogen (secondary N) is 2. The van der Waals surface area contributed by atoms with E-state index in [4.69, 9.17) is 4.74 Å². The van der Waals surface area contributed by atoms with Crippen LogP contribution in [0, 0.1) is 6.92 Å². The molecular weight excluding hydrogens is 328 g/mol. The Morgan fingerprint density at radius 2 is 1.88 bits per heavy atom. The van der Waals surface area contributed by atoms with Gasteiger partial charge >= 0.3 is 0 Å². The van der Waals surface area contributed by atoms with Crippen molar-refractivity contribution in [3.63, 3.8) is 0 Å². The minimum absolute atomic E-state index is 0.181. The fourth-order valence-corrected chi connectivity index (χ4v) is 2.81. The first-order valence-electron chi connectivity index (χ1n) is 7.28. The van der Waals surface area contributed by atoms with E-state index in [1.165, 1.54) is 13.2 Å². The second-order valence-corrected chi connectivity index (χ2v) is 7.19. The molecule has 0 saturated heterocycles. The highest BCUT2D eigenvalue weighted by atomic mass is 32.2. The Labute approximate surface area is 141 Å². The molecule has 0 heterocycles. The molecule has 0 fully saturated rings. The number of carbonyl (C=O) groups is 1. The number of hydrogen-bond donors (Lipinski definition) is 2. The molecule has 1 amide bonds. The number of methoxy groups -OCH3 is 1. The molecule has 2 aromatic rings. The van der Waals surface area contributed by atoms with E-state index in [9.17, 15) is 13.2 Å². The predicted molar refractivity (Wildman–Crippen MR) is 95.0 cm³/mol. The molecule has 0 aromatic heterocycles. The molecule has 0 aliphatic carbocycles. The van der Waals surface area contributed by atoms with Crippen LogP contribution >= 0.6 is 0 Å². The summed E-state index contributed by atoms with van der Waals surface area (Å²) in [5.41, 5.74) is 2.74. The number of amides is 1. The molecule has 0 aliphatic rings. The maximum Gasteiger partial charge on any atom is 0.229 e. The Hall–Kier alpha value is -2.54. The Kier molecular flexibility index (Phi) is 5.46. The molecule has 6 nitrogen and oxygen atoms in total. The van der Waals surface area contributed by atoms with Crippen molar-refractivity contribution in [3.8, 4) is 5.75 Å². The molecule has 0 saturated carbocycles. The van der Waals surface area contributed by atoms with E-state index >= 15 is 0 Å². The first-order chi connectivity index (χ1) is 11.3. The number of ether oxygens (including phenoxy) is 1. The average Bonchev–Trinajstić information content (AvgIpc) is 2.48. The molecule has 24 heavy (non-hydrogen) atoms. The van der Waals surface area contributed by atoms with Crippen molar-refractivity contribution in [1.29, 1.82) is 0 Å². The number of benzene rings is 2. The first-order valence-corrected chi connectivity index (χ1v) is 9.18. The predicted octanol–water partition coefficient (Wildman–Crippen LogP) is 2.56. The fourth-order valence-electron chi connectivity index (χ4n) is 2.25. The van der Waals surface area contributed by atoms with E-state index in [2.05, 4.69) is 10.0 Å². The van der Waals surface area contributed by atoms with Gasteiger partial charge in [0, 0.05) is 5.69 Å². The van der Waals surface area contributed by atoms with Crippen LogP contribution in [0.25, 0.3) is 0 Å². The minimum Gasteiger partial charge on any atom is -0.495 e. The lowest BCUT2D eigenvalue weighted by molar-refractivity contribution is -0.115. The van der Waals surface area contributed by atoms with Crippen LogP contribution < -0.4 is 14.8 Å². The summed E-state index contributed by atoms with van der Waals surface area (Å²) in [6.45, 7) is 1.95. The third-order valence-corrected chi connectivity index (χ3v) is 3.98. The quantitative estimate of drug-likeness (QED) is 0.840. The molecule has 2 aromatic carbocycles. The zero-order valence-electron chi connectivity index (χ0n) is 13.8. The molecule has 2 N–H and O–H groups in total. The summed E-state index contributed by atoms with van der Waals surface area (Å²) in [4.78, 5) is 12.2. The van der Waals surface area contributed by atoms with Crippen LogP contribution in [0.4, 0.5) is 11.4 Å². The lowest BCUT2D eigenvalue weighted by atomic mass is 10.1. The zero-order valence-corrected chi connectivity index (χ0v) is 14.6. The van der Waals surface area contributed by atoms with Crippen LogP contribution in [0.15, 0.2) is 42.5 Å².